The summed E-state index contributed by atoms with van der Waals surface area (Å²) in [5.41, 5.74) is 1.96. The lowest BCUT2D eigenvalue weighted by Gasteiger charge is -2.25. The van der Waals surface area contributed by atoms with Crippen LogP contribution in [-0.2, 0) is 23.0 Å². The number of amides is 2. The predicted molar refractivity (Wildman–Crippen MR) is 116 cm³/mol. The minimum atomic E-state index is -3.43. The molecule has 0 atom stereocenters. The van der Waals surface area contributed by atoms with Gasteiger partial charge < -0.3 is 15.4 Å². The van der Waals surface area contributed by atoms with Gasteiger partial charge in [-0.25, -0.2) is 13.2 Å². The molecule has 0 aromatic heterocycles. The summed E-state index contributed by atoms with van der Waals surface area (Å²) in [6, 6.07) is 14.2. The maximum Gasteiger partial charge on any atom is 0.315 e. The lowest BCUT2D eigenvalue weighted by atomic mass is 10.1. The Kier molecular flexibility index (Phi) is 7.70. The second-order valence-electron chi connectivity index (χ2n) is 7.32. The monoisotopic (exact) mass is 431 g/mol. The number of sulfonamides is 1. The molecule has 1 aliphatic heterocycles. The van der Waals surface area contributed by atoms with Crippen molar-refractivity contribution in [3.8, 4) is 5.75 Å². The van der Waals surface area contributed by atoms with Gasteiger partial charge in [0.05, 0.1) is 12.0 Å². The Bertz CT molecular complexity index is 922. The van der Waals surface area contributed by atoms with Crippen LogP contribution in [0.5, 0.6) is 5.75 Å². The summed E-state index contributed by atoms with van der Waals surface area (Å²) < 4.78 is 32.0. The van der Waals surface area contributed by atoms with Crippen LogP contribution in [-0.4, -0.2) is 45.5 Å². The highest BCUT2D eigenvalue weighted by Crippen LogP contribution is 2.20. The van der Waals surface area contributed by atoms with E-state index in [0.717, 1.165) is 42.6 Å². The number of ether oxygens (including phenoxy) is 1. The zero-order valence-corrected chi connectivity index (χ0v) is 18.1. The topological polar surface area (TPSA) is 87.7 Å². The average molecular weight is 432 g/mol. The molecule has 2 aromatic rings. The van der Waals surface area contributed by atoms with E-state index in [9.17, 15) is 13.2 Å². The summed E-state index contributed by atoms with van der Waals surface area (Å²) in [5.74, 6) is 0.805. The Morgan fingerprint density at radius 3 is 2.20 bits per heavy atom. The molecule has 1 aliphatic rings. The van der Waals surface area contributed by atoms with Crippen LogP contribution >= 0.6 is 0 Å². The van der Waals surface area contributed by atoms with E-state index < -0.39 is 10.0 Å². The fourth-order valence-electron chi connectivity index (χ4n) is 3.39. The van der Waals surface area contributed by atoms with Gasteiger partial charge in [-0.3, -0.25) is 0 Å². The molecule has 0 aliphatic carbocycles. The van der Waals surface area contributed by atoms with Crippen molar-refractivity contribution in [3.05, 3.63) is 59.7 Å². The molecule has 0 radical (unpaired) electrons. The fraction of sp³-hybridized carbons (Fsp3) is 0.409. The van der Waals surface area contributed by atoms with E-state index in [1.54, 1.807) is 35.7 Å². The third kappa shape index (κ3) is 5.96. The Morgan fingerprint density at radius 2 is 1.57 bits per heavy atom. The second kappa shape index (κ2) is 10.4. The van der Waals surface area contributed by atoms with Gasteiger partial charge in [0.15, 0.2) is 0 Å². The van der Waals surface area contributed by atoms with Crippen LogP contribution in [0.1, 0.15) is 30.4 Å². The summed E-state index contributed by atoms with van der Waals surface area (Å²) in [4.78, 5) is 12.3. The smallest absolute Gasteiger partial charge is 0.315 e. The third-order valence-electron chi connectivity index (χ3n) is 5.19. The fourth-order valence-corrected chi connectivity index (χ4v) is 4.91. The van der Waals surface area contributed by atoms with E-state index >= 15 is 0 Å². The van der Waals surface area contributed by atoms with Crippen LogP contribution in [0, 0.1) is 0 Å². The summed E-state index contributed by atoms with van der Waals surface area (Å²) in [7, 11) is -1.80. The van der Waals surface area contributed by atoms with Gasteiger partial charge in [0, 0.05) is 26.2 Å². The highest BCUT2D eigenvalue weighted by Gasteiger charge is 2.25. The molecule has 0 saturated carbocycles. The predicted octanol–water partition coefficient (Wildman–Crippen LogP) is 2.91. The molecule has 2 amide bonds. The molecule has 0 unspecified atom stereocenters. The van der Waals surface area contributed by atoms with Crippen molar-refractivity contribution < 1.29 is 17.9 Å². The zero-order valence-electron chi connectivity index (χ0n) is 17.3. The summed E-state index contributed by atoms with van der Waals surface area (Å²) in [6.45, 7) is 2.02. The minimum Gasteiger partial charge on any atom is -0.497 e. The Balaban J connectivity index is 1.43. The number of carbonyl (C=O) groups is 1. The molecule has 2 N–H and O–H groups in total. The van der Waals surface area contributed by atoms with Crippen molar-refractivity contribution in [2.45, 2.75) is 37.1 Å². The molecule has 7 nitrogen and oxygen atoms in total. The number of benzene rings is 2. The minimum absolute atomic E-state index is 0.256. The molecule has 0 bridgehead atoms. The van der Waals surface area contributed by atoms with Gasteiger partial charge in [-0.1, -0.05) is 30.7 Å². The highest BCUT2D eigenvalue weighted by molar-refractivity contribution is 7.89. The molecular formula is C22H29N3O4S. The standard InChI is InChI=1S/C22H29N3O4S/c1-29-20-9-5-18(6-10-20)13-14-23-22(26)24-17-19-7-11-21(12-8-19)30(27,28)25-15-3-2-4-16-25/h5-12H,2-4,13-17H2,1H3,(H2,23,24,26). The Morgan fingerprint density at radius 1 is 0.933 bits per heavy atom. The van der Waals surface area contributed by atoms with Crippen LogP contribution in [0.3, 0.4) is 0 Å². The quantitative estimate of drug-likeness (QED) is 0.673. The number of piperidine rings is 1. The molecule has 3 rings (SSSR count). The average Bonchev–Trinajstić information content (AvgIpc) is 2.79. The Labute approximate surface area is 178 Å². The van der Waals surface area contributed by atoms with E-state index in [2.05, 4.69) is 10.6 Å². The van der Waals surface area contributed by atoms with Crippen LogP contribution < -0.4 is 15.4 Å². The normalized spacial score (nSPS) is 14.8. The van der Waals surface area contributed by atoms with Crippen LogP contribution in [0.4, 0.5) is 4.79 Å². The third-order valence-corrected chi connectivity index (χ3v) is 7.10. The first kappa shape index (κ1) is 22.1. The molecule has 1 heterocycles. The van der Waals surface area contributed by atoms with Gasteiger partial charge in [-0.2, -0.15) is 4.31 Å². The van der Waals surface area contributed by atoms with Crippen LogP contribution in [0.25, 0.3) is 0 Å². The number of rotatable bonds is 8. The lowest BCUT2D eigenvalue weighted by molar-refractivity contribution is 0.240. The summed E-state index contributed by atoms with van der Waals surface area (Å²) in [5, 5.41) is 5.62. The number of hydrogen-bond donors (Lipinski definition) is 2. The molecule has 1 saturated heterocycles. The van der Waals surface area contributed by atoms with E-state index in [1.807, 2.05) is 24.3 Å². The molecule has 8 heteroatoms. The van der Waals surface area contributed by atoms with Gasteiger partial charge in [0.1, 0.15) is 5.75 Å². The number of carbonyl (C=O) groups excluding carboxylic acids is 1. The number of hydrogen-bond acceptors (Lipinski definition) is 4. The van der Waals surface area contributed by atoms with Gasteiger partial charge in [0.25, 0.3) is 0 Å². The highest BCUT2D eigenvalue weighted by atomic mass is 32.2. The van der Waals surface area contributed by atoms with Crippen molar-refractivity contribution in [2.75, 3.05) is 26.7 Å². The van der Waals surface area contributed by atoms with Crippen molar-refractivity contribution in [1.29, 1.82) is 0 Å². The lowest BCUT2D eigenvalue weighted by Crippen LogP contribution is -2.36. The van der Waals surface area contributed by atoms with E-state index in [0.29, 0.717) is 31.1 Å². The molecule has 1 fully saturated rings. The van der Waals surface area contributed by atoms with Gasteiger partial charge in [0.2, 0.25) is 10.0 Å². The summed E-state index contributed by atoms with van der Waals surface area (Å²) >= 11 is 0. The first-order valence-corrected chi connectivity index (χ1v) is 11.7. The molecule has 0 spiro atoms. The number of urea groups is 1. The maximum atomic E-state index is 12.7. The summed E-state index contributed by atoms with van der Waals surface area (Å²) in [6.07, 6.45) is 3.63. The largest absolute Gasteiger partial charge is 0.497 e. The first-order valence-electron chi connectivity index (χ1n) is 10.2. The van der Waals surface area contributed by atoms with E-state index in [1.165, 1.54) is 0 Å². The molecular weight excluding hydrogens is 402 g/mol. The maximum absolute atomic E-state index is 12.7. The zero-order chi connectivity index (χ0) is 21.4. The molecule has 2 aromatic carbocycles. The molecule has 162 valence electrons. The van der Waals surface area contributed by atoms with Crippen molar-refractivity contribution in [3.63, 3.8) is 0 Å². The van der Waals surface area contributed by atoms with Gasteiger partial charge >= 0.3 is 6.03 Å². The van der Waals surface area contributed by atoms with Crippen LogP contribution in [0.2, 0.25) is 0 Å². The van der Waals surface area contributed by atoms with Crippen molar-refractivity contribution >= 4 is 16.1 Å². The van der Waals surface area contributed by atoms with Crippen LogP contribution in [0.15, 0.2) is 53.4 Å². The SMILES string of the molecule is COc1ccc(CCNC(=O)NCc2ccc(S(=O)(=O)N3CCCCC3)cc2)cc1. The van der Waals surface area contributed by atoms with Crippen molar-refractivity contribution in [2.24, 2.45) is 0 Å². The van der Waals surface area contributed by atoms with E-state index in [-0.39, 0.29) is 6.03 Å². The Hall–Kier alpha value is -2.58. The first-order chi connectivity index (χ1) is 14.5. The van der Waals surface area contributed by atoms with E-state index in [4.69, 9.17) is 4.74 Å². The number of nitrogens with one attached hydrogen (secondary N) is 2. The van der Waals surface area contributed by atoms with Crippen molar-refractivity contribution in [1.82, 2.24) is 14.9 Å². The second-order valence-corrected chi connectivity index (χ2v) is 9.25. The number of nitrogens with zero attached hydrogens (tertiary/aromatic N) is 1. The number of methoxy groups -OCH3 is 1. The van der Waals surface area contributed by atoms with Gasteiger partial charge in [-0.15, -0.1) is 0 Å². The molecule has 30 heavy (non-hydrogen) atoms. The van der Waals surface area contributed by atoms with Gasteiger partial charge in [-0.05, 0) is 54.7 Å².